The third kappa shape index (κ3) is 3.12. The molecular weight excluding hydrogens is 170 g/mol. The maximum Gasteiger partial charge on any atom is 0.226 e. The Bertz CT molecular complexity index is 249. The molecule has 0 aliphatic heterocycles. The fraction of sp³-hybridized carbons (Fsp3) is 0.750. The average Bonchev–Trinajstić information content (AvgIpc) is 2.53. The van der Waals surface area contributed by atoms with Gasteiger partial charge >= 0.3 is 0 Å². The normalized spacial score (nSPS) is 13.2. The standard InChI is InChI=1S/C8H15N3O2/c1-6(5-9)4-8-10-7(2-3-12)11-13-8/h6,12H,2-5,9H2,1H3. The molecule has 3 N–H and O–H groups in total. The van der Waals surface area contributed by atoms with Crippen molar-refractivity contribution in [2.75, 3.05) is 13.2 Å². The summed E-state index contributed by atoms with van der Waals surface area (Å²) in [5.74, 6) is 1.51. The van der Waals surface area contributed by atoms with Gasteiger partial charge in [-0.05, 0) is 12.5 Å². The van der Waals surface area contributed by atoms with Gasteiger partial charge in [-0.3, -0.25) is 0 Å². The zero-order valence-electron chi connectivity index (χ0n) is 7.73. The molecule has 0 saturated heterocycles. The van der Waals surface area contributed by atoms with E-state index in [1.54, 1.807) is 0 Å². The first-order valence-electron chi connectivity index (χ1n) is 4.38. The molecule has 5 heteroatoms. The van der Waals surface area contributed by atoms with Crippen LogP contribution in [-0.2, 0) is 12.8 Å². The van der Waals surface area contributed by atoms with Gasteiger partial charge in [-0.2, -0.15) is 4.98 Å². The summed E-state index contributed by atoms with van der Waals surface area (Å²) in [5, 5.41) is 12.3. The van der Waals surface area contributed by atoms with Crippen molar-refractivity contribution in [1.29, 1.82) is 0 Å². The molecule has 0 saturated carbocycles. The first-order chi connectivity index (χ1) is 6.26. The highest BCUT2D eigenvalue weighted by atomic mass is 16.5. The Hall–Kier alpha value is -0.940. The molecule has 0 aliphatic rings. The molecule has 74 valence electrons. The highest BCUT2D eigenvalue weighted by Crippen LogP contribution is 2.05. The molecule has 1 aromatic heterocycles. The first-order valence-corrected chi connectivity index (χ1v) is 4.38. The second-order valence-corrected chi connectivity index (χ2v) is 3.12. The largest absolute Gasteiger partial charge is 0.396 e. The number of aliphatic hydroxyl groups excluding tert-OH is 1. The van der Waals surface area contributed by atoms with Crippen LogP contribution in [0.25, 0.3) is 0 Å². The fourth-order valence-electron chi connectivity index (χ4n) is 0.956. The van der Waals surface area contributed by atoms with E-state index in [9.17, 15) is 0 Å². The molecule has 0 radical (unpaired) electrons. The molecule has 1 atom stereocenters. The lowest BCUT2D eigenvalue weighted by Crippen LogP contribution is -2.13. The summed E-state index contributed by atoms with van der Waals surface area (Å²) in [6, 6.07) is 0. The van der Waals surface area contributed by atoms with Crippen LogP contribution in [0.15, 0.2) is 4.52 Å². The minimum Gasteiger partial charge on any atom is -0.396 e. The van der Waals surface area contributed by atoms with Gasteiger partial charge < -0.3 is 15.4 Å². The molecule has 0 fully saturated rings. The summed E-state index contributed by atoms with van der Waals surface area (Å²) >= 11 is 0. The lowest BCUT2D eigenvalue weighted by atomic mass is 10.1. The van der Waals surface area contributed by atoms with E-state index in [1.807, 2.05) is 6.92 Å². The van der Waals surface area contributed by atoms with Gasteiger partial charge in [0.05, 0.1) is 6.61 Å². The third-order valence-electron chi connectivity index (χ3n) is 1.77. The fourth-order valence-corrected chi connectivity index (χ4v) is 0.956. The summed E-state index contributed by atoms with van der Waals surface area (Å²) in [6.45, 7) is 2.68. The molecule has 0 aromatic carbocycles. The minimum absolute atomic E-state index is 0.0470. The van der Waals surface area contributed by atoms with E-state index in [0.29, 0.717) is 37.0 Å². The van der Waals surface area contributed by atoms with Gasteiger partial charge in [-0.15, -0.1) is 0 Å². The van der Waals surface area contributed by atoms with Crippen molar-refractivity contribution in [3.8, 4) is 0 Å². The van der Waals surface area contributed by atoms with Crippen LogP contribution < -0.4 is 5.73 Å². The number of aromatic nitrogens is 2. The lowest BCUT2D eigenvalue weighted by Gasteiger charge is -2.01. The Morgan fingerprint density at radius 3 is 3.00 bits per heavy atom. The minimum atomic E-state index is 0.0470. The quantitative estimate of drug-likeness (QED) is 0.660. The predicted molar refractivity (Wildman–Crippen MR) is 47.0 cm³/mol. The first kappa shape index (κ1) is 10.1. The van der Waals surface area contributed by atoms with Crippen LogP contribution in [0.4, 0.5) is 0 Å². The van der Waals surface area contributed by atoms with Crippen molar-refractivity contribution in [2.24, 2.45) is 11.7 Å². The van der Waals surface area contributed by atoms with Crippen LogP contribution in [0.5, 0.6) is 0 Å². The third-order valence-corrected chi connectivity index (χ3v) is 1.77. The molecule has 0 bridgehead atoms. The molecule has 0 spiro atoms. The summed E-state index contributed by atoms with van der Waals surface area (Å²) in [4.78, 5) is 4.09. The maximum absolute atomic E-state index is 8.62. The number of aliphatic hydroxyl groups is 1. The van der Waals surface area contributed by atoms with E-state index in [-0.39, 0.29) is 6.61 Å². The van der Waals surface area contributed by atoms with E-state index in [4.69, 9.17) is 15.4 Å². The van der Waals surface area contributed by atoms with Crippen LogP contribution in [-0.4, -0.2) is 28.4 Å². The molecule has 1 unspecified atom stereocenters. The SMILES string of the molecule is CC(CN)Cc1nc(CCO)no1. The Morgan fingerprint density at radius 1 is 1.62 bits per heavy atom. The van der Waals surface area contributed by atoms with E-state index in [1.165, 1.54) is 0 Å². The number of hydrogen-bond donors (Lipinski definition) is 2. The number of hydrogen-bond acceptors (Lipinski definition) is 5. The number of rotatable bonds is 5. The van der Waals surface area contributed by atoms with Crippen LogP contribution in [0.2, 0.25) is 0 Å². The van der Waals surface area contributed by atoms with Crippen LogP contribution in [0.3, 0.4) is 0 Å². The summed E-state index contributed by atoms with van der Waals surface area (Å²) < 4.78 is 4.96. The van der Waals surface area contributed by atoms with Crippen LogP contribution in [0.1, 0.15) is 18.6 Å². The highest BCUT2D eigenvalue weighted by Gasteiger charge is 2.08. The van der Waals surface area contributed by atoms with E-state index < -0.39 is 0 Å². The van der Waals surface area contributed by atoms with Crippen LogP contribution in [0, 0.1) is 5.92 Å². The summed E-state index contributed by atoms with van der Waals surface area (Å²) in [5.41, 5.74) is 5.46. The maximum atomic E-state index is 8.62. The Labute approximate surface area is 76.9 Å². The Kier molecular flexibility index (Phi) is 3.85. The summed E-state index contributed by atoms with van der Waals surface area (Å²) in [7, 11) is 0. The molecule has 5 nitrogen and oxygen atoms in total. The highest BCUT2D eigenvalue weighted by molar-refractivity contribution is 4.87. The second kappa shape index (κ2) is 4.94. The second-order valence-electron chi connectivity index (χ2n) is 3.12. The molecule has 1 rings (SSSR count). The van der Waals surface area contributed by atoms with Gasteiger partial charge in [-0.25, -0.2) is 0 Å². The molecule has 1 aromatic rings. The van der Waals surface area contributed by atoms with Gasteiger partial charge in [0, 0.05) is 12.8 Å². The Balaban J connectivity index is 2.48. The molecule has 1 heterocycles. The zero-order chi connectivity index (χ0) is 9.68. The zero-order valence-corrected chi connectivity index (χ0v) is 7.73. The summed E-state index contributed by atoms with van der Waals surface area (Å²) in [6.07, 6.45) is 1.15. The van der Waals surface area contributed by atoms with Crippen LogP contribution >= 0.6 is 0 Å². The topological polar surface area (TPSA) is 85.2 Å². The van der Waals surface area contributed by atoms with E-state index in [0.717, 1.165) is 0 Å². The lowest BCUT2D eigenvalue weighted by molar-refractivity contribution is 0.292. The van der Waals surface area contributed by atoms with Gasteiger partial charge in [0.2, 0.25) is 5.89 Å². The molecule has 0 amide bonds. The average molecular weight is 185 g/mol. The number of nitrogens with two attached hydrogens (primary N) is 1. The van der Waals surface area contributed by atoms with Crippen molar-refractivity contribution in [2.45, 2.75) is 19.8 Å². The van der Waals surface area contributed by atoms with Gasteiger partial charge in [0.1, 0.15) is 0 Å². The van der Waals surface area contributed by atoms with E-state index in [2.05, 4.69) is 10.1 Å². The molecule has 0 aliphatic carbocycles. The molecular formula is C8H15N3O2. The van der Waals surface area contributed by atoms with Gasteiger partial charge in [0.15, 0.2) is 5.82 Å². The van der Waals surface area contributed by atoms with E-state index >= 15 is 0 Å². The predicted octanol–water partition coefficient (Wildman–Crippen LogP) is -0.258. The Morgan fingerprint density at radius 2 is 2.38 bits per heavy atom. The van der Waals surface area contributed by atoms with Crippen molar-refractivity contribution in [1.82, 2.24) is 10.1 Å². The smallest absolute Gasteiger partial charge is 0.226 e. The molecule has 13 heavy (non-hydrogen) atoms. The number of nitrogens with zero attached hydrogens (tertiary/aromatic N) is 2. The van der Waals surface area contributed by atoms with Gasteiger partial charge in [-0.1, -0.05) is 12.1 Å². The van der Waals surface area contributed by atoms with Crippen molar-refractivity contribution in [3.05, 3.63) is 11.7 Å². The van der Waals surface area contributed by atoms with Crippen molar-refractivity contribution in [3.63, 3.8) is 0 Å². The van der Waals surface area contributed by atoms with Crippen molar-refractivity contribution < 1.29 is 9.63 Å². The van der Waals surface area contributed by atoms with Crippen molar-refractivity contribution >= 4 is 0 Å². The monoisotopic (exact) mass is 185 g/mol. The van der Waals surface area contributed by atoms with Gasteiger partial charge in [0.25, 0.3) is 0 Å².